The Kier molecular flexibility index (Phi) is 6.21. The molecule has 22 heavy (non-hydrogen) atoms. The quantitative estimate of drug-likeness (QED) is 0.828. The smallest absolute Gasteiger partial charge is 0.337 e. The Bertz CT molecular complexity index is 614. The summed E-state index contributed by atoms with van der Waals surface area (Å²) in [6.07, 6.45) is -4.45. The van der Waals surface area contributed by atoms with Crippen molar-refractivity contribution in [1.82, 2.24) is 4.90 Å². The molecule has 0 aliphatic heterocycles. The van der Waals surface area contributed by atoms with Gasteiger partial charge in [-0.25, -0.2) is 0 Å². The third-order valence-electron chi connectivity index (χ3n) is 2.80. The zero-order chi connectivity index (χ0) is 16.8. The number of rotatable bonds is 5. The van der Waals surface area contributed by atoms with Crippen LogP contribution in [0.5, 0.6) is 0 Å². The topological polar surface area (TPSA) is 67.9 Å². The summed E-state index contributed by atoms with van der Waals surface area (Å²) < 4.78 is 37.7. The van der Waals surface area contributed by atoms with Crippen LogP contribution in [0.3, 0.4) is 0 Å². The molecule has 0 unspecified atom stereocenters. The molecule has 1 rings (SSSR count). The van der Waals surface area contributed by atoms with Crippen LogP contribution in [0.15, 0.2) is 18.2 Å². The molecule has 0 spiro atoms. The number of hydrogen-bond donors (Lipinski definition) is 0. The normalized spacial score (nSPS) is 10.6. The van der Waals surface area contributed by atoms with Crippen LogP contribution in [0.25, 0.3) is 0 Å². The second-order valence-electron chi connectivity index (χ2n) is 4.30. The first-order chi connectivity index (χ1) is 10.3. The lowest BCUT2D eigenvalue weighted by molar-refractivity contribution is -0.137. The molecule has 0 aromatic heterocycles. The Labute approximate surface area is 130 Å². The first-order valence-corrected chi connectivity index (χ1v) is 6.59. The Balaban J connectivity index is 3.04. The highest BCUT2D eigenvalue weighted by Crippen LogP contribution is 2.32. The third kappa shape index (κ3) is 4.64. The van der Waals surface area contributed by atoms with Gasteiger partial charge in [-0.2, -0.15) is 23.7 Å². The summed E-state index contributed by atoms with van der Waals surface area (Å²) in [7, 11) is 0. The van der Waals surface area contributed by atoms with Gasteiger partial charge >= 0.3 is 6.18 Å². The number of alkyl halides is 3. The van der Waals surface area contributed by atoms with Crippen molar-refractivity contribution >= 4 is 17.5 Å². The monoisotopic (exact) mass is 329 g/mol. The van der Waals surface area contributed by atoms with E-state index < -0.39 is 17.6 Å². The number of amides is 1. The van der Waals surface area contributed by atoms with Gasteiger partial charge in [0.2, 0.25) is 0 Å². The molecule has 1 aromatic carbocycles. The number of nitriles is 2. The fraction of sp³-hybridized carbons (Fsp3) is 0.357. The lowest BCUT2D eigenvalue weighted by Gasteiger charge is -2.21. The number of carbonyl (C=O) groups is 1. The Morgan fingerprint density at radius 3 is 2.14 bits per heavy atom. The predicted molar refractivity (Wildman–Crippen MR) is 72.8 cm³/mol. The lowest BCUT2D eigenvalue weighted by Crippen LogP contribution is -2.33. The highest BCUT2D eigenvalue weighted by atomic mass is 35.5. The molecule has 0 N–H and O–H groups in total. The molecule has 0 aliphatic rings. The summed E-state index contributed by atoms with van der Waals surface area (Å²) in [4.78, 5) is 13.5. The molecule has 0 saturated heterocycles. The Hall–Kier alpha value is -2.25. The minimum Gasteiger partial charge on any atom is -0.337 e. The van der Waals surface area contributed by atoms with E-state index in [2.05, 4.69) is 0 Å². The van der Waals surface area contributed by atoms with E-state index in [1.165, 1.54) is 4.90 Å². The first-order valence-electron chi connectivity index (χ1n) is 6.21. The van der Waals surface area contributed by atoms with E-state index in [-0.39, 0.29) is 36.5 Å². The zero-order valence-electron chi connectivity index (χ0n) is 11.3. The summed E-state index contributed by atoms with van der Waals surface area (Å²) in [5, 5.41) is 16.8. The standard InChI is InChI=1S/C14H11ClF3N3O/c15-12-9-10(14(16,17)18)3-4-11(12)13(22)21(7-1-5-19)8-2-6-20/h3-4,9H,1-2,7-8H2. The maximum atomic E-state index is 12.6. The molecule has 1 amide bonds. The SMILES string of the molecule is N#CCCN(CCC#N)C(=O)c1ccc(C(F)(F)F)cc1Cl. The van der Waals surface area contributed by atoms with E-state index in [0.29, 0.717) is 6.07 Å². The van der Waals surface area contributed by atoms with Gasteiger partial charge in [0.15, 0.2) is 0 Å². The van der Waals surface area contributed by atoms with Crippen LogP contribution in [0.4, 0.5) is 13.2 Å². The third-order valence-corrected chi connectivity index (χ3v) is 3.11. The fourth-order valence-electron chi connectivity index (χ4n) is 1.72. The number of halogens is 4. The van der Waals surface area contributed by atoms with Crippen LogP contribution in [0.1, 0.15) is 28.8 Å². The molecule has 0 radical (unpaired) electrons. The van der Waals surface area contributed by atoms with Gasteiger partial charge in [0, 0.05) is 13.1 Å². The van der Waals surface area contributed by atoms with E-state index in [4.69, 9.17) is 22.1 Å². The van der Waals surface area contributed by atoms with Crippen LogP contribution in [-0.2, 0) is 6.18 Å². The zero-order valence-corrected chi connectivity index (χ0v) is 12.1. The molecule has 0 saturated carbocycles. The van der Waals surface area contributed by atoms with E-state index in [1.807, 2.05) is 12.1 Å². The molecule has 4 nitrogen and oxygen atoms in total. The van der Waals surface area contributed by atoms with Crippen LogP contribution >= 0.6 is 11.6 Å². The van der Waals surface area contributed by atoms with E-state index in [0.717, 1.165) is 12.1 Å². The first kappa shape index (κ1) is 17.8. The van der Waals surface area contributed by atoms with Crippen LogP contribution in [-0.4, -0.2) is 23.9 Å². The van der Waals surface area contributed by atoms with Gasteiger partial charge in [0.05, 0.1) is 41.1 Å². The summed E-state index contributed by atoms with van der Waals surface area (Å²) in [6.45, 7) is 0.155. The van der Waals surface area contributed by atoms with E-state index >= 15 is 0 Å². The average Bonchev–Trinajstić information content (AvgIpc) is 2.45. The fourth-order valence-corrected chi connectivity index (χ4v) is 1.98. The van der Waals surface area contributed by atoms with Crippen LogP contribution in [0, 0.1) is 22.7 Å². The van der Waals surface area contributed by atoms with Crippen molar-refractivity contribution in [2.24, 2.45) is 0 Å². The summed E-state index contributed by atoms with van der Waals surface area (Å²) in [5.74, 6) is -0.607. The molecule has 0 atom stereocenters. The number of nitrogens with zero attached hydrogens (tertiary/aromatic N) is 3. The minimum atomic E-state index is -4.55. The van der Waals surface area contributed by atoms with Gasteiger partial charge in [-0.3, -0.25) is 4.79 Å². The summed E-state index contributed by atoms with van der Waals surface area (Å²) in [6, 6.07) is 6.18. The highest BCUT2D eigenvalue weighted by Gasteiger charge is 2.31. The van der Waals surface area contributed by atoms with Crippen molar-refractivity contribution in [3.63, 3.8) is 0 Å². The van der Waals surface area contributed by atoms with Crippen molar-refractivity contribution in [2.45, 2.75) is 19.0 Å². The Morgan fingerprint density at radius 1 is 1.18 bits per heavy atom. The second kappa shape index (κ2) is 7.67. The summed E-state index contributed by atoms with van der Waals surface area (Å²) >= 11 is 5.76. The number of hydrogen-bond acceptors (Lipinski definition) is 3. The van der Waals surface area contributed by atoms with Crippen molar-refractivity contribution in [2.75, 3.05) is 13.1 Å². The van der Waals surface area contributed by atoms with E-state index in [1.54, 1.807) is 0 Å². The lowest BCUT2D eigenvalue weighted by atomic mass is 10.1. The van der Waals surface area contributed by atoms with Gasteiger partial charge < -0.3 is 4.90 Å². The highest BCUT2D eigenvalue weighted by molar-refractivity contribution is 6.33. The van der Waals surface area contributed by atoms with Gasteiger partial charge in [-0.15, -0.1) is 0 Å². The molecule has 0 heterocycles. The molecule has 0 aliphatic carbocycles. The van der Waals surface area contributed by atoms with Crippen LogP contribution in [0.2, 0.25) is 5.02 Å². The largest absolute Gasteiger partial charge is 0.416 e. The van der Waals surface area contributed by atoms with Crippen molar-refractivity contribution in [3.05, 3.63) is 34.3 Å². The van der Waals surface area contributed by atoms with E-state index in [9.17, 15) is 18.0 Å². The van der Waals surface area contributed by atoms with Crippen LogP contribution < -0.4 is 0 Å². The average molecular weight is 330 g/mol. The molecular formula is C14H11ClF3N3O. The summed E-state index contributed by atoms with van der Waals surface area (Å²) in [5.41, 5.74) is -1.04. The molecule has 0 bridgehead atoms. The van der Waals surface area contributed by atoms with Gasteiger partial charge in [-0.1, -0.05) is 11.6 Å². The molecule has 0 fully saturated rings. The van der Waals surface area contributed by atoms with Crippen molar-refractivity contribution in [3.8, 4) is 12.1 Å². The second-order valence-corrected chi connectivity index (χ2v) is 4.71. The van der Waals surface area contributed by atoms with Crippen molar-refractivity contribution in [1.29, 1.82) is 10.5 Å². The molecular weight excluding hydrogens is 319 g/mol. The van der Waals surface area contributed by atoms with Gasteiger partial charge in [0.25, 0.3) is 5.91 Å². The van der Waals surface area contributed by atoms with Crippen molar-refractivity contribution < 1.29 is 18.0 Å². The minimum absolute atomic E-state index is 0.0510. The number of benzene rings is 1. The molecule has 1 aromatic rings. The Morgan fingerprint density at radius 2 is 1.73 bits per heavy atom. The maximum Gasteiger partial charge on any atom is 0.416 e. The number of carbonyl (C=O) groups excluding carboxylic acids is 1. The predicted octanol–water partition coefficient (Wildman–Crippen LogP) is 3.63. The van der Waals surface area contributed by atoms with Gasteiger partial charge in [0.1, 0.15) is 0 Å². The molecule has 116 valence electrons. The maximum absolute atomic E-state index is 12.6. The molecule has 8 heteroatoms. The van der Waals surface area contributed by atoms with Gasteiger partial charge in [-0.05, 0) is 18.2 Å².